The molecule has 0 spiro atoms. The molecule has 0 saturated carbocycles. The van der Waals surface area contributed by atoms with Crippen LogP contribution in [0.1, 0.15) is 21.5 Å². The van der Waals surface area contributed by atoms with Gasteiger partial charge < -0.3 is 4.90 Å². The molecule has 0 aliphatic carbocycles. The van der Waals surface area contributed by atoms with Gasteiger partial charge in [-0.25, -0.2) is 0 Å². The Morgan fingerprint density at radius 2 is 1.43 bits per heavy atom. The molecule has 3 aromatic rings. The monoisotopic (exact) mass is 394 g/mol. The van der Waals surface area contributed by atoms with Crippen molar-refractivity contribution in [2.45, 2.75) is 13.1 Å². The SMILES string of the molecule is O=C(C[N+](=O)[O-])c1ccc(N(Cc2ccccc2)Cc2ccccc2)cc1Cl. The standard InChI is InChI=1S/C22H19ClN2O3/c23-21-13-19(11-12-20(21)22(26)16-25(27)28)24(14-17-7-3-1-4-8-17)15-18-9-5-2-6-10-18/h1-13H,14-16H2. The van der Waals surface area contributed by atoms with Gasteiger partial charge in [-0.1, -0.05) is 72.3 Å². The third-order valence-electron chi connectivity index (χ3n) is 4.32. The molecule has 0 aliphatic rings. The number of carbonyl (C=O) groups is 1. The van der Waals surface area contributed by atoms with Crippen molar-refractivity contribution in [3.05, 3.63) is 111 Å². The molecule has 0 amide bonds. The van der Waals surface area contributed by atoms with Crippen LogP contribution in [0, 0.1) is 10.1 Å². The maximum Gasteiger partial charge on any atom is 0.265 e. The van der Waals surface area contributed by atoms with Gasteiger partial charge in [0.25, 0.3) is 6.54 Å². The van der Waals surface area contributed by atoms with Gasteiger partial charge in [-0.3, -0.25) is 14.9 Å². The number of anilines is 1. The predicted octanol–water partition coefficient (Wildman–Crippen LogP) is 5.01. The second-order valence-electron chi connectivity index (χ2n) is 6.41. The number of Topliss-reactive ketones (excluding diaryl/α,β-unsaturated/α-hetero) is 1. The molecule has 0 aromatic heterocycles. The summed E-state index contributed by atoms with van der Waals surface area (Å²) < 4.78 is 0. The number of nitro groups is 1. The number of benzene rings is 3. The van der Waals surface area contributed by atoms with E-state index in [1.54, 1.807) is 18.2 Å². The molecule has 0 saturated heterocycles. The molecule has 0 aliphatic heterocycles. The van der Waals surface area contributed by atoms with Crippen molar-refractivity contribution in [1.29, 1.82) is 0 Å². The second kappa shape index (κ2) is 9.15. The van der Waals surface area contributed by atoms with Crippen molar-refractivity contribution >= 4 is 23.1 Å². The van der Waals surface area contributed by atoms with E-state index in [1.165, 1.54) is 0 Å². The fourth-order valence-electron chi connectivity index (χ4n) is 2.98. The van der Waals surface area contributed by atoms with Crippen LogP contribution in [0.25, 0.3) is 0 Å². The van der Waals surface area contributed by atoms with Crippen LogP contribution in [-0.2, 0) is 13.1 Å². The number of carbonyl (C=O) groups excluding carboxylic acids is 1. The summed E-state index contributed by atoms with van der Waals surface area (Å²) in [6.45, 7) is 0.555. The van der Waals surface area contributed by atoms with E-state index in [1.807, 2.05) is 36.4 Å². The van der Waals surface area contributed by atoms with E-state index >= 15 is 0 Å². The smallest absolute Gasteiger partial charge is 0.265 e. The summed E-state index contributed by atoms with van der Waals surface area (Å²) in [6, 6.07) is 25.1. The number of rotatable bonds is 8. The molecule has 0 atom stereocenters. The first kappa shape index (κ1) is 19.6. The largest absolute Gasteiger partial charge is 0.363 e. The summed E-state index contributed by atoms with van der Waals surface area (Å²) in [5.74, 6) is -0.598. The van der Waals surface area contributed by atoms with Gasteiger partial charge >= 0.3 is 0 Å². The van der Waals surface area contributed by atoms with Gasteiger partial charge in [-0.05, 0) is 29.3 Å². The number of halogens is 1. The normalized spacial score (nSPS) is 10.5. The minimum Gasteiger partial charge on any atom is -0.363 e. The molecule has 28 heavy (non-hydrogen) atoms. The zero-order valence-corrected chi connectivity index (χ0v) is 15.9. The molecule has 3 aromatic carbocycles. The Bertz CT molecular complexity index is 921. The Labute approximate surface area is 168 Å². The zero-order valence-electron chi connectivity index (χ0n) is 15.1. The van der Waals surface area contributed by atoms with Gasteiger partial charge in [0.15, 0.2) is 0 Å². The maximum absolute atomic E-state index is 12.0. The van der Waals surface area contributed by atoms with Crippen LogP contribution >= 0.6 is 11.6 Å². The molecule has 0 unspecified atom stereocenters. The molecule has 0 radical (unpaired) electrons. The number of hydrogen-bond donors (Lipinski definition) is 0. The van der Waals surface area contributed by atoms with Gasteiger partial charge in [-0.2, -0.15) is 0 Å². The van der Waals surface area contributed by atoms with Crippen molar-refractivity contribution in [2.75, 3.05) is 11.4 Å². The lowest BCUT2D eigenvalue weighted by molar-refractivity contribution is -0.465. The van der Waals surface area contributed by atoms with Crippen LogP contribution in [-0.4, -0.2) is 17.3 Å². The average molecular weight is 395 g/mol. The highest BCUT2D eigenvalue weighted by atomic mass is 35.5. The van der Waals surface area contributed by atoms with Crippen molar-refractivity contribution in [3.8, 4) is 0 Å². The second-order valence-corrected chi connectivity index (χ2v) is 6.81. The molecule has 0 bridgehead atoms. The first-order chi connectivity index (χ1) is 13.5. The van der Waals surface area contributed by atoms with Crippen LogP contribution in [0.3, 0.4) is 0 Å². The maximum atomic E-state index is 12.0. The van der Waals surface area contributed by atoms with Crippen LogP contribution in [0.5, 0.6) is 0 Å². The quantitative estimate of drug-likeness (QED) is 0.306. The average Bonchev–Trinajstić information content (AvgIpc) is 2.68. The molecule has 5 nitrogen and oxygen atoms in total. The predicted molar refractivity (Wildman–Crippen MR) is 110 cm³/mol. The summed E-state index contributed by atoms with van der Waals surface area (Å²) in [4.78, 5) is 24.1. The number of ketones is 1. The van der Waals surface area contributed by atoms with Crippen LogP contribution in [0.2, 0.25) is 5.02 Å². The van der Waals surface area contributed by atoms with E-state index in [4.69, 9.17) is 11.6 Å². The van der Waals surface area contributed by atoms with Crippen LogP contribution < -0.4 is 4.90 Å². The lowest BCUT2D eigenvalue weighted by atomic mass is 10.1. The first-order valence-corrected chi connectivity index (χ1v) is 9.18. The fraction of sp³-hybridized carbons (Fsp3) is 0.136. The van der Waals surface area contributed by atoms with E-state index in [-0.39, 0.29) is 10.6 Å². The summed E-state index contributed by atoms with van der Waals surface area (Å²) in [7, 11) is 0. The molecule has 0 heterocycles. The van der Waals surface area contributed by atoms with Gasteiger partial charge in [-0.15, -0.1) is 0 Å². The Balaban J connectivity index is 1.89. The Morgan fingerprint density at radius 1 is 0.893 bits per heavy atom. The summed E-state index contributed by atoms with van der Waals surface area (Å²) in [5, 5.41) is 10.8. The van der Waals surface area contributed by atoms with Crippen LogP contribution in [0.15, 0.2) is 78.9 Å². The highest BCUT2D eigenvalue weighted by molar-refractivity contribution is 6.34. The molecule has 0 fully saturated rings. The Kier molecular flexibility index (Phi) is 6.40. The molecule has 6 heteroatoms. The molecule has 142 valence electrons. The fourth-order valence-corrected chi connectivity index (χ4v) is 3.26. The van der Waals surface area contributed by atoms with E-state index in [9.17, 15) is 14.9 Å². The van der Waals surface area contributed by atoms with Crippen molar-refractivity contribution in [3.63, 3.8) is 0 Å². The van der Waals surface area contributed by atoms with Crippen LogP contribution in [0.4, 0.5) is 5.69 Å². The summed E-state index contributed by atoms with van der Waals surface area (Å²) >= 11 is 6.29. The van der Waals surface area contributed by atoms with E-state index in [0.717, 1.165) is 16.8 Å². The minimum absolute atomic E-state index is 0.168. The topological polar surface area (TPSA) is 63.4 Å². The van der Waals surface area contributed by atoms with E-state index < -0.39 is 17.3 Å². The van der Waals surface area contributed by atoms with Crippen molar-refractivity contribution < 1.29 is 9.72 Å². The highest BCUT2D eigenvalue weighted by Gasteiger charge is 2.18. The third-order valence-corrected chi connectivity index (χ3v) is 4.64. The lowest BCUT2D eigenvalue weighted by Gasteiger charge is -2.26. The molecular formula is C22H19ClN2O3. The van der Waals surface area contributed by atoms with Gasteiger partial charge in [0.05, 0.1) is 5.02 Å². The van der Waals surface area contributed by atoms with Crippen molar-refractivity contribution in [2.24, 2.45) is 0 Å². The Hall–Kier alpha value is -3.18. The molecule has 0 N–H and O–H groups in total. The minimum atomic E-state index is -0.767. The lowest BCUT2D eigenvalue weighted by Crippen LogP contribution is -2.22. The van der Waals surface area contributed by atoms with Crippen molar-refractivity contribution in [1.82, 2.24) is 0 Å². The molecular weight excluding hydrogens is 376 g/mol. The van der Waals surface area contributed by atoms with Gasteiger partial charge in [0.2, 0.25) is 5.78 Å². The Morgan fingerprint density at radius 3 is 1.89 bits per heavy atom. The summed E-state index contributed by atoms with van der Waals surface area (Å²) in [5.41, 5.74) is 3.29. The first-order valence-electron chi connectivity index (χ1n) is 8.80. The molecule has 3 rings (SSSR count). The third kappa shape index (κ3) is 5.18. The zero-order chi connectivity index (χ0) is 19.9. The number of hydrogen-bond acceptors (Lipinski definition) is 4. The van der Waals surface area contributed by atoms with Gasteiger partial charge in [0.1, 0.15) is 0 Å². The van der Waals surface area contributed by atoms with E-state index in [2.05, 4.69) is 29.2 Å². The van der Waals surface area contributed by atoms with Gasteiger partial charge in [0, 0.05) is 29.3 Å². The summed E-state index contributed by atoms with van der Waals surface area (Å²) in [6.07, 6.45) is 0. The highest BCUT2D eigenvalue weighted by Crippen LogP contribution is 2.27. The van der Waals surface area contributed by atoms with E-state index in [0.29, 0.717) is 13.1 Å². The number of nitrogens with zero attached hydrogens (tertiary/aromatic N) is 2.